The Kier molecular flexibility index (Phi) is 5.89. The van der Waals surface area contributed by atoms with Gasteiger partial charge in [-0.1, -0.05) is 13.8 Å². The fourth-order valence-corrected chi connectivity index (χ4v) is 3.84. The van der Waals surface area contributed by atoms with Crippen LogP contribution >= 0.6 is 0 Å². The van der Waals surface area contributed by atoms with Crippen LogP contribution in [0.4, 0.5) is 0 Å². The van der Waals surface area contributed by atoms with E-state index < -0.39 is 10.0 Å². The van der Waals surface area contributed by atoms with Gasteiger partial charge in [0.05, 0.1) is 5.75 Å². The second-order valence-corrected chi connectivity index (χ2v) is 6.85. The van der Waals surface area contributed by atoms with E-state index in [1.165, 1.54) is 0 Å². The standard InChI is InChI=1S/C12H26N2O2S/c1-3-9-13-10-6-11-17(15,16)14-12(4-2)7-5-8-12/h13-14H,3-11H2,1-2H3. The Hall–Kier alpha value is -0.130. The summed E-state index contributed by atoms with van der Waals surface area (Å²) in [6, 6.07) is 0. The van der Waals surface area contributed by atoms with Crippen molar-refractivity contribution >= 4 is 10.0 Å². The van der Waals surface area contributed by atoms with E-state index in [2.05, 4.69) is 23.9 Å². The lowest BCUT2D eigenvalue weighted by Gasteiger charge is -2.41. The molecular formula is C12H26N2O2S. The number of hydrogen-bond donors (Lipinski definition) is 2. The SMILES string of the molecule is CCCNCCCS(=O)(=O)NC1(CC)CCC1. The van der Waals surface area contributed by atoms with E-state index in [-0.39, 0.29) is 11.3 Å². The molecule has 0 bridgehead atoms. The molecule has 0 unspecified atom stereocenters. The van der Waals surface area contributed by atoms with Gasteiger partial charge in [0.2, 0.25) is 10.0 Å². The number of sulfonamides is 1. The zero-order chi connectivity index (χ0) is 12.8. The van der Waals surface area contributed by atoms with Gasteiger partial charge >= 0.3 is 0 Å². The van der Waals surface area contributed by atoms with E-state index in [4.69, 9.17) is 0 Å². The highest BCUT2D eigenvalue weighted by atomic mass is 32.2. The number of rotatable bonds is 9. The van der Waals surface area contributed by atoms with Gasteiger partial charge in [-0.15, -0.1) is 0 Å². The predicted molar refractivity (Wildman–Crippen MR) is 71.6 cm³/mol. The first kappa shape index (κ1) is 14.9. The Morgan fingerprint density at radius 3 is 2.35 bits per heavy atom. The molecule has 1 fully saturated rings. The van der Waals surface area contributed by atoms with Gasteiger partial charge < -0.3 is 5.32 Å². The van der Waals surface area contributed by atoms with Crippen LogP contribution < -0.4 is 10.0 Å². The maximum atomic E-state index is 11.9. The molecule has 4 nitrogen and oxygen atoms in total. The molecule has 0 radical (unpaired) electrons. The molecule has 1 rings (SSSR count). The fraction of sp³-hybridized carbons (Fsp3) is 1.00. The molecule has 0 atom stereocenters. The molecule has 1 aliphatic carbocycles. The summed E-state index contributed by atoms with van der Waals surface area (Å²) in [4.78, 5) is 0. The molecule has 102 valence electrons. The summed E-state index contributed by atoms with van der Waals surface area (Å²) in [7, 11) is -3.09. The summed E-state index contributed by atoms with van der Waals surface area (Å²) in [5, 5.41) is 3.22. The molecule has 0 amide bonds. The van der Waals surface area contributed by atoms with Crippen molar-refractivity contribution < 1.29 is 8.42 Å². The lowest BCUT2D eigenvalue weighted by Crippen LogP contribution is -2.53. The molecule has 1 saturated carbocycles. The van der Waals surface area contributed by atoms with Gasteiger partial charge in [0.1, 0.15) is 0 Å². The minimum absolute atomic E-state index is 0.115. The van der Waals surface area contributed by atoms with Gasteiger partial charge in [-0.05, 0) is 51.6 Å². The Labute approximate surface area is 106 Å². The van der Waals surface area contributed by atoms with Crippen LogP contribution in [-0.2, 0) is 10.0 Å². The van der Waals surface area contributed by atoms with Crippen LogP contribution in [0, 0.1) is 0 Å². The number of nitrogens with one attached hydrogen (secondary N) is 2. The number of hydrogen-bond acceptors (Lipinski definition) is 3. The molecule has 0 aromatic rings. The molecule has 0 spiro atoms. The third kappa shape index (κ3) is 4.94. The molecule has 17 heavy (non-hydrogen) atoms. The molecule has 0 aromatic heterocycles. The fourth-order valence-electron chi connectivity index (χ4n) is 2.20. The van der Waals surface area contributed by atoms with Gasteiger partial charge in [0, 0.05) is 5.54 Å². The summed E-state index contributed by atoms with van der Waals surface area (Å²) in [5.74, 6) is 0.242. The molecule has 0 aromatic carbocycles. The van der Waals surface area contributed by atoms with E-state index in [0.29, 0.717) is 6.42 Å². The molecule has 2 N–H and O–H groups in total. The van der Waals surface area contributed by atoms with Crippen molar-refractivity contribution in [3.63, 3.8) is 0 Å². The van der Waals surface area contributed by atoms with Crippen LogP contribution in [0.25, 0.3) is 0 Å². The summed E-state index contributed by atoms with van der Waals surface area (Å²) < 4.78 is 26.7. The van der Waals surface area contributed by atoms with Crippen molar-refractivity contribution in [1.82, 2.24) is 10.0 Å². The van der Waals surface area contributed by atoms with Crippen molar-refractivity contribution in [2.75, 3.05) is 18.8 Å². The highest BCUT2D eigenvalue weighted by molar-refractivity contribution is 7.89. The van der Waals surface area contributed by atoms with Crippen LogP contribution in [0.5, 0.6) is 0 Å². The van der Waals surface area contributed by atoms with E-state index in [1.54, 1.807) is 0 Å². The van der Waals surface area contributed by atoms with Crippen molar-refractivity contribution in [3.8, 4) is 0 Å². The normalized spacial score (nSPS) is 18.9. The maximum absolute atomic E-state index is 11.9. The second kappa shape index (κ2) is 6.71. The summed E-state index contributed by atoms with van der Waals surface area (Å²) in [6.07, 6.45) is 5.82. The Morgan fingerprint density at radius 1 is 1.18 bits per heavy atom. The highest BCUT2D eigenvalue weighted by Gasteiger charge is 2.38. The topological polar surface area (TPSA) is 58.2 Å². The van der Waals surface area contributed by atoms with E-state index in [0.717, 1.165) is 45.2 Å². The van der Waals surface area contributed by atoms with Gasteiger partial charge in [0.15, 0.2) is 0 Å². The molecular weight excluding hydrogens is 236 g/mol. The third-order valence-corrected chi connectivity index (χ3v) is 5.12. The largest absolute Gasteiger partial charge is 0.317 e. The monoisotopic (exact) mass is 262 g/mol. The van der Waals surface area contributed by atoms with Gasteiger partial charge in [-0.2, -0.15) is 0 Å². The van der Waals surface area contributed by atoms with Crippen molar-refractivity contribution in [2.45, 2.75) is 57.9 Å². The highest BCUT2D eigenvalue weighted by Crippen LogP contribution is 2.35. The van der Waals surface area contributed by atoms with Crippen LogP contribution in [0.15, 0.2) is 0 Å². The minimum Gasteiger partial charge on any atom is -0.317 e. The van der Waals surface area contributed by atoms with E-state index in [1.807, 2.05) is 0 Å². The Bertz CT molecular complexity index is 305. The molecule has 0 saturated heterocycles. The first-order chi connectivity index (χ1) is 8.04. The summed E-state index contributed by atoms with van der Waals surface area (Å²) >= 11 is 0. The molecule has 1 aliphatic rings. The van der Waals surface area contributed by atoms with Gasteiger partial charge in [0.25, 0.3) is 0 Å². The Morgan fingerprint density at radius 2 is 1.88 bits per heavy atom. The van der Waals surface area contributed by atoms with Crippen LogP contribution in [-0.4, -0.2) is 32.8 Å². The van der Waals surface area contributed by atoms with E-state index >= 15 is 0 Å². The minimum atomic E-state index is -3.09. The maximum Gasteiger partial charge on any atom is 0.212 e. The van der Waals surface area contributed by atoms with Crippen LogP contribution in [0.3, 0.4) is 0 Å². The zero-order valence-corrected chi connectivity index (χ0v) is 11.9. The first-order valence-corrected chi connectivity index (χ1v) is 8.41. The third-order valence-electron chi connectivity index (χ3n) is 3.55. The molecule has 0 heterocycles. The lowest BCUT2D eigenvalue weighted by molar-refractivity contribution is 0.214. The zero-order valence-electron chi connectivity index (χ0n) is 11.1. The van der Waals surface area contributed by atoms with Crippen LogP contribution in [0.2, 0.25) is 0 Å². The Balaban J connectivity index is 2.26. The smallest absolute Gasteiger partial charge is 0.212 e. The first-order valence-electron chi connectivity index (χ1n) is 6.76. The van der Waals surface area contributed by atoms with Gasteiger partial charge in [-0.25, -0.2) is 13.1 Å². The molecule has 0 aliphatic heterocycles. The van der Waals surface area contributed by atoms with E-state index in [9.17, 15) is 8.42 Å². The van der Waals surface area contributed by atoms with Gasteiger partial charge in [-0.3, -0.25) is 0 Å². The van der Waals surface area contributed by atoms with Crippen LogP contribution in [0.1, 0.15) is 52.4 Å². The van der Waals surface area contributed by atoms with Crippen molar-refractivity contribution in [1.29, 1.82) is 0 Å². The van der Waals surface area contributed by atoms with Crippen molar-refractivity contribution in [3.05, 3.63) is 0 Å². The summed E-state index contributed by atoms with van der Waals surface area (Å²) in [6.45, 7) is 5.91. The summed E-state index contributed by atoms with van der Waals surface area (Å²) in [5.41, 5.74) is -0.115. The molecule has 5 heteroatoms. The average Bonchev–Trinajstić information content (AvgIpc) is 2.23. The quantitative estimate of drug-likeness (QED) is 0.621. The predicted octanol–water partition coefficient (Wildman–Crippen LogP) is 1.63. The average molecular weight is 262 g/mol. The van der Waals surface area contributed by atoms with Crippen molar-refractivity contribution in [2.24, 2.45) is 0 Å². The lowest BCUT2D eigenvalue weighted by atomic mass is 9.76. The second-order valence-electron chi connectivity index (χ2n) is 5.01.